The molecule has 5 heteroatoms. The molecule has 17 heavy (non-hydrogen) atoms. The van der Waals surface area contributed by atoms with Crippen LogP contribution in [0.2, 0.25) is 0 Å². The van der Waals surface area contributed by atoms with Gasteiger partial charge in [0.1, 0.15) is 0 Å². The fourth-order valence-electron chi connectivity index (χ4n) is 1.54. The fourth-order valence-corrected chi connectivity index (χ4v) is 2.49. The summed E-state index contributed by atoms with van der Waals surface area (Å²) < 4.78 is 33.1. The molecule has 0 radical (unpaired) electrons. The van der Waals surface area contributed by atoms with Gasteiger partial charge in [0.25, 0.3) is 10.1 Å². The molecule has 1 aromatic carbocycles. The first-order chi connectivity index (χ1) is 8.16. The van der Waals surface area contributed by atoms with Gasteiger partial charge in [0.2, 0.25) is 0 Å². The normalized spacial score (nSPS) is 16.7. The monoisotopic (exact) mass is 256 g/mol. The molecule has 4 nitrogen and oxygen atoms in total. The lowest BCUT2D eigenvalue weighted by atomic mass is 9.97. The van der Waals surface area contributed by atoms with E-state index in [2.05, 4.69) is 0 Å². The lowest BCUT2D eigenvalue weighted by Gasteiger charge is -2.24. The van der Waals surface area contributed by atoms with Crippen molar-refractivity contribution in [1.29, 1.82) is 0 Å². The molecule has 1 fully saturated rings. The minimum Gasteiger partial charge on any atom is -0.358 e. The third kappa shape index (κ3) is 4.11. The second-order valence-electron chi connectivity index (χ2n) is 4.16. The minimum atomic E-state index is -3.53. The first-order valence-electron chi connectivity index (χ1n) is 5.68. The van der Waals surface area contributed by atoms with Crippen LogP contribution >= 0.6 is 0 Å². The van der Waals surface area contributed by atoms with E-state index in [0.29, 0.717) is 0 Å². The van der Waals surface area contributed by atoms with Gasteiger partial charge in [-0.2, -0.15) is 8.42 Å². The van der Waals surface area contributed by atoms with Gasteiger partial charge in [0.15, 0.2) is 5.94 Å². The molecule has 1 aliphatic carbocycles. The highest BCUT2D eigenvalue weighted by atomic mass is 32.2. The van der Waals surface area contributed by atoms with Crippen molar-refractivity contribution in [3.63, 3.8) is 0 Å². The van der Waals surface area contributed by atoms with Gasteiger partial charge in [-0.1, -0.05) is 30.3 Å². The average molecular weight is 256 g/mol. The maximum atomic E-state index is 11.5. The van der Waals surface area contributed by atoms with Crippen molar-refractivity contribution >= 4 is 10.1 Å². The van der Waals surface area contributed by atoms with E-state index in [-0.39, 0.29) is 18.6 Å². The van der Waals surface area contributed by atoms with Gasteiger partial charge in [-0.15, -0.1) is 0 Å². The van der Waals surface area contributed by atoms with Crippen LogP contribution in [-0.2, 0) is 25.6 Å². The van der Waals surface area contributed by atoms with Crippen molar-refractivity contribution in [2.24, 2.45) is 0 Å². The smallest absolute Gasteiger partial charge is 0.292 e. The third-order valence-electron chi connectivity index (χ3n) is 2.67. The number of hydrogen-bond donors (Lipinski definition) is 0. The zero-order valence-electron chi connectivity index (χ0n) is 9.54. The van der Waals surface area contributed by atoms with Gasteiger partial charge >= 0.3 is 0 Å². The van der Waals surface area contributed by atoms with Crippen molar-refractivity contribution in [2.45, 2.75) is 32.0 Å². The van der Waals surface area contributed by atoms with Gasteiger partial charge in [-0.25, -0.2) is 0 Å². The molecule has 0 aromatic heterocycles. The summed E-state index contributed by atoms with van der Waals surface area (Å²) in [5, 5.41) is 0. The van der Waals surface area contributed by atoms with E-state index in [0.717, 1.165) is 24.8 Å². The Hall–Kier alpha value is -0.910. The van der Waals surface area contributed by atoms with Gasteiger partial charge in [0, 0.05) is 0 Å². The number of hydrogen-bond acceptors (Lipinski definition) is 4. The topological polar surface area (TPSA) is 52.6 Å². The molecule has 0 amide bonds. The standard InChI is InChI=1S/C12H16O4S/c13-17(14,16-12-7-4-8-12)10-15-9-11-5-2-1-3-6-11/h1-3,5-6,12H,4,7-10H2. The Morgan fingerprint density at radius 3 is 2.47 bits per heavy atom. The van der Waals surface area contributed by atoms with Crippen molar-refractivity contribution in [3.05, 3.63) is 35.9 Å². The Labute approximate surface area is 102 Å². The lowest BCUT2D eigenvalue weighted by molar-refractivity contribution is 0.105. The van der Waals surface area contributed by atoms with E-state index in [1.807, 2.05) is 30.3 Å². The summed E-state index contributed by atoms with van der Waals surface area (Å²) in [4.78, 5) is 0. The largest absolute Gasteiger partial charge is 0.358 e. The Morgan fingerprint density at radius 1 is 1.18 bits per heavy atom. The van der Waals surface area contributed by atoms with Crippen LogP contribution in [0.5, 0.6) is 0 Å². The molecule has 0 aliphatic heterocycles. The molecule has 94 valence electrons. The highest BCUT2D eigenvalue weighted by Crippen LogP contribution is 2.23. The van der Waals surface area contributed by atoms with Crippen LogP contribution < -0.4 is 0 Å². The fraction of sp³-hybridized carbons (Fsp3) is 0.500. The maximum Gasteiger partial charge on any atom is 0.292 e. The molecule has 0 N–H and O–H groups in total. The van der Waals surface area contributed by atoms with E-state index in [4.69, 9.17) is 8.92 Å². The summed E-state index contributed by atoms with van der Waals surface area (Å²) in [6.45, 7) is 0.286. The van der Waals surface area contributed by atoms with Crippen molar-refractivity contribution in [2.75, 3.05) is 5.94 Å². The van der Waals surface area contributed by atoms with Crippen LogP contribution in [0.3, 0.4) is 0 Å². The van der Waals surface area contributed by atoms with Crippen LogP contribution in [0, 0.1) is 0 Å². The SMILES string of the molecule is O=S(=O)(COCc1ccccc1)OC1CCC1. The number of benzene rings is 1. The summed E-state index contributed by atoms with van der Waals surface area (Å²) in [6, 6.07) is 9.45. The lowest BCUT2D eigenvalue weighted by Crippen LogP contribution is -2.27. The molecule has 0 heterocycles. The van der Waals surface area contributed by atoms with Crippen LogP contribution in [0.15, 0.2) is 30.3 Å². The van der Waals surface area contributed by atoms with Crippen molar-refractivity contribution in [1.82, 2.24) is 0 Å². The third-order valence-corrected chi connectivity index (χ3v) is 3.69. The van der Waals surface area contributed by atoms with E-state index in [9.17, 15) is 8.42 Å². The minimum absolute atomic E-state index is 0.125. The van der Waals surface area contributed by atoms with Crippen molar-refractivity contribution < 1.29 is 17.3 Å². The predicted octanol–water partition coefficient (Wildman–Crippen LogP) is 2.06. The summed E-state index contributed by atoms with van der Waals surface area (Å²) in [6.07, 6.45) is 2.58. The van der Waals surface area contributed by atoms with Crippen LogP contribution in [0.1, 0.15) is 24.8 Å². The molecule has 1 saturated carbocycles. The summed E-state index contributed by atoms with van der Waals surface area (Å²) in [7, 11) is -3.53. The maximum absolute atomic E-state index is 11.5. The van der Waals surface area contributed by atoms with E-state index < -0.39 is 10.1 Å². The van der Waals surface area contributed by atoms with Crippen molar-refractivity contribution in [3.8, 4) is 0 Å². The highest BCUT2D eigenvalue weighted by molar-refractivity contribution is 7.86. The van der Waals surface area contributed by atoms with Gasteiger partial charge in [-0.3, -0.25) is 4.18 Å². The Morgan fingerprint density at radius 2 is 1.88 bits per heavy atom. The molecule has 1 aliphatic rings. The molecular formula is C12H16O4S. The summed E-state index contributed by atoms with van der Waals surface area (Å²) >= 11 is 0. The second kappa shape index (κ2) is 5.62. The van der Waals surface area contributed by atoms with E-state index in [1.165, 1.54) is 0 Å². The Balaban J connectivity index is 1.73. The summed E-state index contributed by atoms with van der Waals surface area (Å²) in [5.41, 5.74) is 0.950. The predicted molar refractivity (Wildman–Crippen MR) is 63.7 cm³/mol. The van der Waals surface area contributed by atoms with Crippen LogP contribution in [0.4, 0.5) is 0 Å². The molecular weight excluding hydrogens is 240 g/mol. The second-order valence-corrected chi connectivity index (χ2v) is 5.70. The molecule has 1 aromatic rings. The van der Waals surface area contributed by atoms with E-state index in [1.54, 1.807) is 0 Å². The average Bonchev–Trinajstić information content (AvgIpc) is 2.25. The quantitative estimate of drug-likeness (QED) is 0.731. The number of ether oxygens (including phenoxy) is 1. The Bertz CT molecular complexity index is 437. The molecule has 0 saturated heterocycles. The molecule has 0 spiro atoms. The molecule has 2 rings (SSSR count). The first kappa shape index (κ1) is 12.5. The first-order valence-corrected chi connectivity index (χ1v) is 7.26. The molecule has 0 atom stereocenters. The van der Waals surface area contributed by atoms with Gasteiger partial charge in [0.05, 0.1) is 12.7 Å². The number of rotatable bonds is 6. The highest BCUT2D eigenvalue weighted by Gasteiger charge is 2.25. The molecule has 0 unspecified atom stereocenters. The zero-order chi connectivity index (χ0) is 12.1. The van der Waals surface area contributed by atoms with Gasteiger partial charge in [-0.05, 0) is 24.8 Å². The van der Waals surface area contributed by atoms with Crippen LogP contribution in [-0.4, -0.2) is 20.5 Å². The van der Waals surface area contributed by atoms with Crippen LogP contribution in [0.25, 0.3) is 0 Å². The van der Waals surface area contributed by atoms with Gasteiger partial charge < -0.3 is 4.74 Å². The summed E-state index contributed by atoms with van der Waals surface area (Å²) in [5.74, 6) is -0.377. The van der Waals surface area contributed by atoms with E-state index >= 15 is 0 Å². The molecule has 0 bridgehead atoms. The zero-order valence-corrected chi connectivity index (χ0v) is 10.4. The Kier molecular flexibility index (Phi) is 4.15.